The number of benzene rings is 1. The first-order chi connectivity index (χ1) is 9.29. The number of hydrogen-bond acceptors (Lipinski definition) is 2. The van der Waals surface area contributed by atoms with Crippen molar-refractivity contribution in [3.05, 3.63) is 57.9 Å². The minimum Gasteiger partial charge on any atom is -0.358 e. The minimum absolute atomic E-state index is 0.384. The van der Waals surface area contributed by atoms with Gasteiger partial charge in [-0.3, -0.25) is 0 Å². The van der Waals surface area contributed by atoms with Gasteiger partial charge in [0.2, 0.25) is 0 Å². The van der Waals surface area contributed by atoms with Crippen molar-refractivity contribution in [3.8, 4) is 0 Å². The number of thiophene rings is 1. The molecule has 0 aliphatic carbocycles. The average molecular weight is 270 g/mol. The summed E-state index contributed by atoms with van der Waals surface area (Å²) < 4.78 is 0. The van der Waals surface area contributed by atoms with Crippen LogP contribution >= 0.6 is 11.3 Å². The van der Waals surface area contributed by atoms with Crippen LogP contribution in [-0.4, -0.2) is 11.5 Å². The fraction of sp³-hybridized carbons (Fsp3) is 0.250. The molecule has 0 aliphatic rings. The SMILES string of the molecule is Cc1[nH]c2ccccc2c1C(CN)Cc1cccs1. The van der Waals surface area contributed by atoms with Crippen molar-refractivity contribution < 1.29 is 0 Å². The molecule has 98 valence electrons. The van der Waals surface area contributed by atoms with E-state index in [0.717, 1.165) is 6.42 Å². The van der Waals surface area contributed by atoms with Crippen molar-refractivity contribution in [2.24, 2.45) is 5.73 Å². The van der Waals surface area contributed by atoms with Gasteiger partial charge in [0.25, 0.3) is 0 Å². The molecule has 0 saturated carbocycles. The molecule has 19 heavy (non-hydrogen) atoms. The monoisotopic (exact) mass is 270 g/mol. The van der Waals surface area contributed by atoms with Crippen LogP contribution in [-0.2, 0) is 6.42 Å². The number of nitrogens with one attached hydrogen (secondary N) is 1. The molecule has 1 aromatic carbocycles. The summed E-state index contributed by atoms with van der Waals surface area (Å²) in [6.45, 7) is 2.83. The van der Waals surface area contributed by atoms with Gasteiger partial charge in [0.1, 0.15) is 0 Å². The number of H-pyrrole nitrogens is 1. The van der Waals surface area contributed by atoms with Crippen LogP contribution in [0, 0.1) is 6.92 Å². The molecule has 0 aliphatic heterocycles. The Morgan fingerprint density at radius 2 is 2.05 bits per heavy atom. The van der Waals surface area contributed by atoms with Gasteiger partial charge in [-0.15, -0.1) is 11.3 Å². The smallest absolute Gasteiger partial charge is 0.0458 e. The van der Waals surface area contributed by atoms with E-state index in [1.54, 1.807) is 0 Å². The van der Waals surface area contributed by atoms with Gasteiger partial charge < -0.3 is 10.7 Å². The van der Waals surface area contributed by atoms with Crippen molar-refractivity contribution in [3.63, 3.8) is 0 Å². The maximum Gasteiger partial charge on any atom is 0.0458 e. The van der Waals surface area contributed by atoms with Crippen molar-refractivity contribution in [1.82, 2.24) is 4.98 Å². The van der Waals surface area contributed by atoms with E-state index in [4.69, 9.17) is 5.73 Å². The van der Waals surface area contributed by atoms with E-state index in [1.807, 2.05) is 11.3 Å². The van der Waals surface area contributed by atoms with E-state index < -0.39 is 0 Å². The number of nitrogens with two attached hydrogens (primary N) is 1. The predicted molar refractivity (Wildman–Crippen MR) is 82.9 cm³/mol. The van der Waals surface area contributed by atoms with Crippen LogP contribution in [0.15, 0.2) is 41.8 Å². The zero-order valence-electron chi connectivity index (χ0n) is 11.0. The minimum atomic E-state index is 0.384. The highest BCUT2D eigenvalue weighted by atomic mass is 32.1. The normalized spacial score (nSPS) is 12.9. The predicted octanol–water partition coefficient (Wildman–Crippen LogP) is 3.82. The molecule has 3 aromatic rings. The van der Waals surface area contributed by atoms with E-state index in [-0.39, 0.29) is 0 Å². The van der Waals surface area contributed by atoms with E-state index in [2.05, 4.69) is 53.7 Å². The van der Waals surface area contributed by atoms with Gasteiger partial charge >= 0.3 is 0 Å². The largest absolute Gasteiger partial charge is 0.358 e. The van der Waals surface area contributed by atoms with Crippen LogP contribution in [0.3, 0.4) is 0 Å². The topological polar surface area (TPSA) is 41.8 Å². The molecule has 0 amide bonds. The lowest BCUT2D eigenvalue weighted by atomic mass is 9.92. The standard InChI is InChI=1S/C16H18N2S/c1-11-16(14-6-2-3-7-15(14)18-11)12(10-17)9-13-5-4-8-19-13/h2-8,12,18H,9-10,17H2,1H3. The van der Waals surface area contributed by atoms with Crippen molar-refractivity contribution in [2.75, 3.05) is 6.54 Å². The summed E-state index contributed by atoms with van der Waals surface area (Å²) >= 11 is 1.81. The summed E-state index contributed by atoms with van der Waals surface area (Å²) in [6, 6.07) is 12.8. The number of fused-ring (bicyclic) bond motifs is 1. The second kappa shape index (κ2) is 5.19. The van der Waals surface area contributed by atoms with Gasteiger partial charge in [-0.2, -0.15) is 0 Å². The maximum atomic E-state index is 6.03. The number of para-hydroxylation sites is 1. The van der Waals surface area contributed by atoms with Crippen LogP contribution in [0.5, 0.6) is 0 Å². The molecule has 3 heteroatoms. The Morgan fingerprint density at radius 1 is 1.21 bits per heavy atom. The van der Waals surface area contributed by atoms with Gasteiger partial charge in [-0.25, -0.2) is 0 Å². The Bertz CT molecular complexity index is 667. The van der Waals surface area contributed by atoms with Crippen LogP contribution in [0.1, 0.15) is 22.1 Å². The molecule has 0 radical (unpaired) electrons. The first-order valence-electron chi connectivity index (χ1n) is 6.59. The molecule has 3 N–H and O–H groups in total. The quantitative estimate of drug-likeness (QED) is 0.743. The van der Waals surface area contributed by atoms with Crippen LogP contribution in [0.25, 0.3) is 10.9 Å². The van der Waals surface area contributed by atoms with E-state index in [0.29, 0.717) is 12.5 Å². The molecule has 2 aromatic heterocycles. The third-order valence-electron chi connectivity index (χ3n) is 3.66. The van der Waals surface area contributed by atoms with Crippen LogP contribution in [0.2, 0.25) is 0 Å². The summed E-state index contributed by atoms with van der Waals surface area (Å²) in [4.78, 5) is 4.87. The van der Waals surface area contributed by atoms with E-state index in [9.17, 15) is 0 Å². The molecule has 2 nitrogen and oxygen atoms in total. The Labute approximate surface area is 117 Å². The first kappa shape index (κ1) is 12.5. The fourth-order valence-electron chi connectivity index (χ4n) is 2.80. The second-order valence-corrected chi connectivity index (χ2v) is 5.96. The molecule has 0 saturated heterocycles. The third kappa shape index (κ3) is 2.31. The van der Waals surface area contributed by atoms with Gasteiger partial charge in [-0.05, 0) is 43.0 Å². The lowest BCUT2D eigenvalue weighted by Gasteiger charge is -2.14. The molecule has 1 atom stereocenters. The summed E-state index contributed by atoms with van der Waals surface area (Å²) in [5, 5.41) is 3.44. The molecule has 1 unspecified atom stereocenters. The fourth-order valence-corrected chi connectivity index (χ4v) is 3.59. The highest BCUT2D eigenvalue weighted by Crippen LogP contribution is 2.31. The molecule has 2 heterocycles. The summed E-state index contributed by atoms with van der Waals surface area (Å²) in [5.41, 5.74) is 9.86. The van der Waals surface area contributed by atoms with Crippen LogP contribution in [0.4, 0.5) is 0 Å². The zero-order valence-corrected chi connectivity index (χ0v) is 11.8. The zero-order chi connectivity index (χ0) is 13.2. The Hall–Kier alpha value is -1.58. The van der Waals surface area contributed by atoms with Crippen molar-refractivity contribution in [2.45, 2.75) is 19.3 Å². The lowest BCUT2D eigenvalue weighted by molar-refractivity contribution is 0.701. The number of aromatic nitrogens is 1. The second-order valence-electron chi connectivity index (χ2n) is 4.93. The first-order valence-corrected chi connectivity index (χ1v) is 7.47. The summed E-state index contributed by atoms with van der Waals surface area (Å²) in [6.07, 6.45) is 1.02. The summed E-state index contributed by atoms with van der Waals surface area (Å²) in [5.74, 6) is 0.384. The number of hydrogen-bond donors (Lipinski definition) is 2. The Balaban J connectivity index is 2.03. The number of aryl methyl sites for hydroxylation is 1. The van der Waals surface area contributed by atoms with E-state index >= 15 is 0 Å². The highest BCUT2D eigenvalue weighted by Gasteiger charge is 2.18. The van der Waals surface area contributed by atoms with Gasteiger partial charge in [-0.1, -0.05) is 24.3 Å². The molecular formula is C16H18N2S. The molecule has 0 spiro atoms. The Kier molecular flexibility index (Phi) is 3.40. The third-order valence-corrected chi connectivity index (χ3v) is 4.56. The molecule has 0 fully saturated rings. The Morgan fingerprint density at radius 3 is 2.79 bits per heavy atom. The van der Waals surface area contributed by atoms with E-state index in [1.165, 1.54) is 27.0 Å². The molecule has 0 bridgehead atoms. The average Bonchev–Trinajstić information content (AvgIpc) is 3.02. The molecular weight excluding hydrogens is 252 g/mol. The lowest BCUT2D eigenvalue weighted by Crippen LogP contribution is -2.15. The summed E-state index contributed by atoms with van der Waals surface area (Å²) in [7, 11) is 0. The number of aromatic amines is 1. The van der Waals surface area contributed by atoms with Gasteiger partial charge in [0.05, 0.1) is 0 Å². The van der Waals surface area contributed by atoms with Crippen molar-refractivity contribution in [1.29, 1.82) is 0 Å². The van der Waals surface area contributed by atoms with Crippen molar-refractivity contribution >= 4 is 22.2 Å². The van der Waals surface area contributed by atoms with Gasteiger partial charge in [0, 0.05) is 27.4 Å². The van der Waals surface area contributed by atoms with Crippen LogP contribution < -0.4 is 5.73 Å². The number of rotatable bonds is 4. The maximum absolute atomic E-state index is 6.03. The highest BCUT2D eigenvalue weighted by molar-refractivity contribution is 7.09. The van der Waals surface area contributed by atoms with Gasteiger partial charge in [0.15, 0.2) is 0 Å². The molecule has 3 rings (SSSR count).